The van der Waals surface area contributed by atoms with Gasteiger partial charge in [-0.25, -0.2) is 13.5 Å². The van der Waals surface area contributed by atoms with Crippen molar-refractivity contribution in [3.05, 3.63) is 57.7 Å². The fourth-order valence-corrected chi connectivity index (χ4v) is 6.16. The number of alkyl halides is 3. The Morgan fingerprint density at radius 3 is 2.55 bits per heavy atom. The molecule has 2 aromatic rings. The molecule has 1 aromatic heterocycles. The molecule has 2 N–H and O–H groups in total. The Labute approximate surface area is 239 Å². The Balaban J connectivity index is 1.65. The van der Waals surface area contributed by atoms with Gasteiger partial charge in [-0.2, -0.15) is 18.2 Å². The van der Waals surface area contributed by atoms with Gasteiger partial charge in [0.25, 0.3) is 0 Å². The van der Waals surface area contributed by atoms with Crippen LogP contribution in [0.1, 0.15) is 25.3 Å². The lowest BCUT2D eigenvalue weighted by molar-refractivity contribution is -0.136. The van der Waals surface area contributed by atoms with Gasteiger partial charge in [-0.3, -0.25) is 0 Å². The smallest absolute Gasteiger partial charge is 0.370 e. The second-order valence-corrected chi connectivity index (χ2v) is 13.3. The fraction of sp³-hybridized carbons (Fsp3) is 0.444. The first-order chi connectivity index (χ1) is 18.7. The number of benzene rings is 1. The van der Waals surface area contributed by atoms with Gasteiger partial charge in [0.2, 0.25) is 5.95 Å². The van der Waals surface area contributed by atoms with Crippen LogP contribution in [-0.2, 0) is 15.9 Å². The number of anilines is 4. The molecule has 0 saturated carbocycles. The molecule has 4 rings (SSSR count). The zero-order valence-electron chi connectivity index (χ0n) is 23.2. The van der Waals surface area contributed by atoms with Gasteiger partial charge in [-0.05, 0) is 71.2 Å². The Kier molecular flexibility index (Phi) is 8.74. The number of likely N-dealkylation sites (N-methyl/N-ethyl adjacent to an activating group) is 1. The zero-order valence-corrected chi connectivity index (χ0v) is 24.8. The molecule has 1 saturated heterocycles. The number of hydrogen-bond acceptors (Lipinski definition) is 7. The van der Waals surface area contributed by atoms with E-state index < -0.39 is 21.4 Å². The lowest BCUT2D eigenvalue weighted by Gasteiger charge is -2.28. The summed E-state index contributed by atoms with van der Waals surface area (Å²) < 4.78 is 57.4. The fourth-order valence-electron chi connectivity index (χ4n) is 4.72. The summed E-state index contributed by atoms with van der Waals surface area (Å²) in [5, 5.41) is 6.05. The molecule has 40 heavy (non-hydrogen) atoms. The summed E-state index contributed by atoms with van der Waals surface area (Å²) in [6, 6.07) is 4.52. The second kappa shape index (κ2) is 11.6. The highest BCUT2D eigenvalue weighted by molar-refractivity contribution is 8.01. The van der Waals surface area contributed by atoms with Crippen molar-refractivity contribution in [2.24, 2.45) is 5.92 Å². The van der Waals surface area contributed by atoms with E-state index in [2.05, 4.69) is 31.4 Å². The monoisotopic (exact) mass is 597 g/mol. The van der Waals surface area contributed by atoms with Crippen LogP contribution in [0.5, 0.6) is 0 Å². The van der Waals surface area contributed by atoms with Crippen LogP contribution in [-0.4, -0.2) is 76.6 Å². The number of halogens is 4. The van der Waals surface area contributed by atoms with Gasteiger partial charge in [0.1, 0.15) is 5.02 Å². The van der Waals surface area contributed by atoms with Gasteiger partial charge in [0, 0.05) is 36.4 Å². The predicted octanol–water partition coefficient (Wildman–Crippen LogP) is 5.45. The Hall–Kier alpha value is -2.80. The first-order valence-corrected chi connectivity index (χ1v) is 14.9. The van der Waals surface area contributed by atoms with Crippen LogP contribution in [0.4, 0.5) is 36.3 Å². The average molecular weight is 598 g/mol. The van der Waals surface area contributed by atoms with Crippen LogP contribution in [0.3, 0.4) is 0 Å². The Morgan fingerprint density at radius 1 is 1.20 bits per heavy atom. The SMILES string of the molecule is C=S(=O)(C1=C(Nc2nc(Nc3ccc(N4CC[C@H](N(C)C)C4)cc3C(F)(F)F)ncc2Cl)C(C)CC=C1)N(C)C. The molecule has 2 heterocycles. The lowest BCUT2D eigenvalue weighted by atomic mass is 9.99. The molecule has 218 valence electrons. The van der Waals surface area contributed by atoms with Crippen molar-refractivity contribution in [1.29, 1.82) is 0 Å². The number of nitrogens with zero attached hydrogens (tertiary/aromatic N) is 5. The maximum Gasteiger partial charge on any atom is 0.418 e. The van der Waals surface area contributed by atoms with E-state index in [0.717, 1.165) is 12.5 Å². The van der Waals surface area contributed by atoms with E-state index >= 15 is 0 Å². The minimum Gasteiger partial charge on any atom is -0.370 e. The standard InChI is InChI=1S/C27H35ClF3N7OS/c1-17-8-7-9-23(40(6,39)37(4)5)24(17)34-25-21(28)15-32-26(35-25)33-22-11-10-18(14-20(22)27(29,30)31)38-13-12-19(16-38)36(2)3/h7,9-11,14-15,17,19H,6,8,12-13,16H2,1-5H3,(H2,32,33,34,35)/t17?,19-,40?/m0/s1. The van der Waals surface area contributed by atoms with Gasteiger partial charge in [-0.1, -0.05) is 24.6 Å². The topological polar surface area (TPSA) is 76.6 Å². The molecule has 0 bridgehead atoms. The summed E-state index contributed by atoms with van der Waals surface area (Å²) in [6.07, 6.45) is 1.98. The zero-order chi connectivity index (χ0) is 29.4. The van der Waals surface area contributed by atoms with E-state index in [0.29, 0.717) is 35.8 Å². The third-order valence-corrected chi connectivity index (χ3v) is 9.76. The predicted molar refractivity (Wildman–Crippen MR) is 159 cm³/mol. The Morgan fingerprint density at radius 2 is 1.93 bits per heavy atom. The number of hydrogen-bond donors (Lipinski definition) is 2. The van der Waals surface area contributed by atoms with Crippen molar-refractivity contribution in [2.75, 3.05) is 56.8 Å². The van der Waals surface area contributed by atoms with Crippen LogP contribution in [0, 0.1) is 5.92 Å². The lowest BCUT2D eigenvalue weighted by Crippen LogP contribution is -2.31. The van der Waals surface area contributed by atoms with Crippen LogP contribution in [0.2, 0.25) is 5.02 Å². The number of nitrogens with one attached hydrogen (secondary N) is 2. The molecule has 2 aliphatic rings. The maximum absolute atomic E-state index is 14.1. The van der Waals surface area contributed by atoms with Crippen molar-refractivity contribution in [1.82, 2.24) is 19.2 Å². The second-order valence-electron chi connectivity index (χ2n) is 10.5. The molecule has 1 aromatic carbocycles. The summed E-state index contributed by atoms with van der Waals surface area (Å²) >= 11 is 6.38. The van der Waals surface area contributed by atoms with Crippen molar-refractivity contribution >= 4 is 50.3 Å². The van der Waals surface area contributed by atoms with Crippen molar-refractivity contribution in [3.63, 3.8) is 0 Å². The van der Waals surface area contributed by atoms with E-state index in [1.165, 1.54) is 12.3 Å². The molecule has 0 radical (unpaired) electrons. The van der Waals surface area contributed by atoms with Gasteiger partial charge >= 0.3 is 6.18 Å². The van der Waals surface area contributed by atoms with E-state index in [-0.39, 0.29) is 34.4 Å². The molecule has 13 heteroatoms. The minimum atomic E-state index is -4.60. The van der Waals surface area contributed by atoms with E-state index in [9.17, 15) is 17.4 Å². The van der Waals surface area contributed by atoms with Crippen molar-refractivity contribution < 1.29 is 17.4 Å². The number of rotatable bonds is 8. The molecular formula is C27H35ClF3N7OS. The molecule has 3 atom stereocenters. The first kappa shape index (κ1) is 30.2. The molecule has 0 amide bonds. The summed E-state index contributed by atoms with van der Waals surface area (Å²) in [5.74, 6) is 3.98. The molecule has 1 aliphatic heterocycles. The summed E-state index contributed by atoms with van der Waals surface area (Å²) in [5.41, 5.74) is 0.156. The quantitative estimate of drug-likeness (QED) is 0.392. The van der Waals surface area contributed by atoms with E-state index in [1.54, 1.807) is 30.5 Å². The van der Waals surface area contributed by atoms with E-state index in [4.69, 9.17) is 11.6 Å². The van der Waals surface area contributed by atoms with Crippen LogP contribution >= 0.6 is 11.6 Å². The summed E-state index contributed by atoms with van der Waals surface area (Å²) in [6.45, 7) is 3.30. The third-order valence-electron chi connectivity index (χ3n) is 7.26. The average Bonchev–Trinajstić information content (AvgIpc) is 3.37. The molecule has 1 aliphatic carbocycles. The van der Waals surface area contributed by atoms with Crippen LogP contribution < -0.4 is 15.5 Å². The van der Waals surface area contributed by atoms with Gasteiger partial charge in [0.05, 0.1) is 32.1 Å². The first-order valence-electron chi connectivity index (χ1n) is 12.8. The minimum absolute atomic E-state index is 0.0491. The molecule has 1 fully saturated rings. The third kappa shape index (κ3) is 6.40. The van der Waals surface area contributed by atoms with Gasteiger partial charge in [-0.15, -0.1) is 0 Å². The summed E-state index contributed by atoms with van der Waals surface area (Å²) in [7, 11) is 4.52. The van der Waals surface area contributed by atoms with Crippen molar-refractivity contribution in [2.45, 2.75) is 32.0 Å². The van der Waals surface area contributed by atoms with Crippen LogP contribution in [0.25, 0.3) is 0 Å². The number of allylic oxidation sites excluding steroid dienone is 3. The van der Waals surface area contributed by atoms with Gasteiger partial charge in [0.15, 0.2) is 5.82 Å². The molecular weight excluding hydrogens is 563 g/mol. The molecule has 8 nitrogen and oxygen atoms in total. The maximum atomic E-state index is 14.1. The largest absolute Gasteiger partial charge is 0.418 e. The number of aromatic nitrogens is 2. The van der Waals surface area contributed by atoms with E-state index in [1.807, 2.05) is 32.0 Å². The normalized spacial score (nSPS) is 21.3. The Bertz CT molecular complexity index is 1420. The molecule has 0 spiro atoms. The van der Waals surface area contributed by atoms with Gasteiger partial charge < -0.3 is 20.4 Å². The summed E-state index contributed by atoms with van der Waals surface area (Å²) in [4.78, 5) is 13.0. The highest BCUT2D eigenvalue weighted by Crippen LogP contribution is 2.39. The highest BCUT2D eigenvalue weighted by atomic mass is 35.5. The highest BCUT2D eigenvalue weighted by Gasteiger charge is 2.35. The van der Waals surface area contributed by atoms with Crippen LogP contribution in [0.15, 0.2) is 47.2 Å². The molecule has 2 unspecified atom stereocenters. The van der Waals surface area contributed by atoms with Crippen molar-refractivity contribution in [3.8, 4) is 0 Å².